The topological polar surface area (TPSA) is 29.1 Å². The Morgan fingerprint density at radius 1 is 1.53 bits per heavy atom. The number of rotatable bonds is 2. The fourth-order valence-corrected chi connectivity index (χ4v) is 0.978. The summed E-state index contributed by atoms with van der Waals surface area (Å²) in [5.41, 5.74) is 0.502. The van der Waals surface area contributed by atoms with Gasteiger partial charge in [-0.25, -0.2) is 4.39 Å². The highest BCUT2D eigenvalue weighted by Gasteiger charge is 1.93. The Kier molecular flexibility index (Phi) is 4.36. The molecular weight excluding hydrogens is 193 g/mol. The van der Waals surface area contributed by atoms with E-state index in [0.717, 1.165) is 6.42 Å². The summed E-state index contributed by atoms with van der Waals surface area (Å²) < 4.78 is 12.7. The Balaban J connectivity index is 2.61. The minimum Gasteiger partial charge on any atom is -0.345 e. The van der Waals surface area contributed by atoms with E-state index in [4.69, 9.17) is 0 Å². The molecule has 1 amide bonds. The number of benzene rings is 1. The van der Waals surface area contributed by atoms with Gasteiger partial charge < -0.3 is 5.32 Å². The summed E-state index contributed by atoms with van der Waals surface area (Å²) in [6.07, 6.45) is 0.868. The summed E-state index contributed by atoms with van der Waals surface area (Å²) in [5, 5.41) is 2.61. The van der Waals surface area contributed by atoms with Crippen molar-refractivity contribution in [3.63, 3.8) is 0 Å². The molecule has 1 aromatic carbocycles. The molecule has 0 fully saturated rings. The molecule has 0 unspecified atom stereocenters. The lowest BCUT2D eigenvalue weighted by atomic mass is 10.2. The Morgan fingerprint density at radius 2 is 2.33 bits per heavy atom. The lowest BCUT2D eigenvalue weighted by Crippen LogP contribution is -2.21. The third-order valence-corrected chi connectivity index (χ3v) is 1.68. The van der Waals surface area contributed by atoms with Gasteiger partial charge in [-0.05, 0) is 24.6 Å². The van der Waals surface area contributed by atoms with E-state index in [-0.39, 0.29) is 11.7 Å². The van der Waals surface area contributed by atoms with Crippen molar-refractivity contribution in [2.24, 2.45) is 0 Å². The van der Waals surface area contributed by atoms with Crippen LogP contribution in [0.2, 0.25) is 0 Å². The maximum atomic E-state index is 12.7. The van der Waals surface area contributed by atoms with Crippen molar-refractivity contribution in [3.05, 3.63) is 35.6 Å². The van der Waals surface area contributed by atoms with Crippen molar-refractivity contribution >= 4 is 5.91 Å². The number of hydrogen-bond acceptors (Lipinski definition) is 1. The van der Waals surface area contributed by atoms with Crippen molar-refractivity contribution in [3.8, 4) is 11.8 Å². The molecule has 0 saturated heterocycles. The van der Waals surface area contributed by atoms with Gasteiger partial charge in [-0.1, -0.05) is 18.9 Å². The van der Waals surface area contributed by atoms with Crippen molar-refractivity contribution < 1.29 is 9.18 Å². The number of hydrogen-bond donors (Lipinski definition) is 1. The number of nitrogens with one attached hydrogen (secondary N) is 1. The molecule has 2 nitrogen and oxygen atoms in total. The molecule has 0 aromatic heterocycles. The van der Waals surface area contributed by atoms with Crippen LogP contribution in [0.5, 0.6) is 0 Å². The third-order valence-electron chi connectivity index (χ3n) is 1.68. The summed E-state index contributed by atoms with van der Waals surface area (Å²) >= 11 is 0. The van der Waals surface area contributed by atoms with E-state index in [2.05, 4.69) is 17.2 Å². The zero-order chi connectivity index (χ0) is 11.1. The normalized spacial score (nSPS) is 8.93. The zero-order valence-corrected chi connectivity index (χ0v) is 8.51. The van der Waals surface area contributed by atoms with Crippen molar-refractivity contribution in [1.29, 1.82) is 0 Å². The van der Waals surface area contributed by atoms with Crippen LogP contribution in [0.25, 0.3) is 0 Å². The Labute approximate surface area is 88.5 Å². The van der Waals surface area contributed by atoms with Crippen LogP contribution >= 0.6 is 0 Å². The van der Waals surface area contributed by atoms with Gasteiger partial charge in [-0.3, -0.25) is 4.79 Å². The van der Waals surface area contributed by atoms with Crippen LogP contribution < -0.4 is 5.32 Å². The number of carbonyl (C=O) groups excluding carboxylic acids is 1. The van der Waals surface area contributed by atoms with Crippen molar-refractivity contribution in [2.45, 2.75) is 13.3 Å². The smallest absolute Gasteiger partial charge is 0.296 e. The molecule has 0 heterocycles. The molecule has 0 spiro atoms. The maximum Gasteiger partial charge on any atom is 0.296 e. The summed E-state index contributed by atoms with van der Waals surface area (Å²) in [4.78, 5) is 11.1. The standard InChI is InChI=1S/C12H12FNO/c1-2-8-14-12(15)7-6-10-4-3-5-11(13)9-10/h3-5,9H,2,8H2,1H3,(H,14,15). The first-order valence-electron chi connectivity index (χ1n) is 4.78. The Morgan fingerprint density at radius 3 is 3.00 bits per heavy atom. The van der Waals surface area contributed by atoms with E-state index in [0.29, 0.717) is 12.1 Å². The third kappa shape index (κ3) is 4.28. The number of halogens is 1. The van der Waals surface area contributed by atoms with Gasteiger partial charge in [0, 0.05) is 18.0 Å². The van der Waals surface area contributed by atoms with E-state index in [1.807, 2.05) is 6.92 Å². The van der Waals surface area contributed by atoms with E-state index >= 15 is 0 Å². The average molecular weight is 205 g/mol. The van der Waals surface area contributed by atoms with Gasteiger partial charge in [0.15, 0.2) is 0 Å². The van der Waals surface area contributed by atoms with Crippen LogP contribution in [0.1, 0.15) is 18.9 Å². The van der Waals surface area contributed by atoms with Gasteiger partial charge in [0.2, 0.25) is 0 Å². The van der Waals surface area contributed by atoms with Crippen molar-refractivity contribution in [2.75, 3.05) is 6.54 Å². The van der Waals surface area contributed by atoms with Crippen LogP contribution in [0.15, 0.2) is 24.3 Å². The molecule has 1 N–H and O–H groups in total. The zero-order valence-electron chi connectivity index (χ0n) is 8.51. The average Bonchev–Trinajstić information content (AvgIpc) is 2.23. The fraction of sp³-hybridized carbons (Fsp3) is 0.250. The molecular formula is C12H12FNO. The molecule has 3 heteroatoms. The number of amides is 1. The second kappa shape index (κ2) is 5.82. The van der Waals surface area contributed by atoms with Crippen LogP contribution in [0.3, 0.4) is 0 Å². The van der Waals surface area contributed by atoms with Crippen LogP contribution in [-0.4, -0.2) is 12.5 Å². The van der Waals surface area contributed by atoms with Crippen LogP contribution in [-0.2, 0) is 4.79 Å². The Hall–Kier alpha value is -1.82. The number of carbonyl (C=O) groups is 1. The van der Waals surface area contributed by atoms with Crippen LogP contribution in [0, 0.1) is 17.7 Å². The molecule has 1 rings (SSSR count). The van der Waals surface area contributed by atoms with Crippen molar-refractivity contribution in [1.82, 2.24) is 5.32 Å². The largest absolute Gasteiger partial charge is 0.345 e. The van der Waals surface area contributed by atoms with Gasteiger partial charge in [-0.2, -0.15) is 0 Å². The summed E-state index contributed by atoms with van der Waals surface area (Å²) in [5.74, 6) is 4.30. The summed E-state index contributed by atoms with van der Waals surface area (Å²) in [7, 11) is 0. The predicted octanol–water partition coefficient (Wildman–Crippen LogP) is 1.70. The first kappa shape index (κ1) is 11.3. The molecule has 78 valence electrons. The van der Waals surface area contributed by atoms with E-state index < -0.39 is 0 Å². The molecule has 0 atom stereocenters. The van der Waals surface area contributed by atoms with E-state index in [9.17, 15) is 9.18 Å². The highest BCUT2D eigenvalue weighted by molar-refractivity contribution is 5.94. The van der Waals surface area contributed by atoms with Gasteiger partial charge in [0.05, 0.1) is 0 Å². The summed E-state index contributed by atoms with van der Waals surface area (Å²) in [6, 6.07) is 5.84. The highest BCUT2D eigenvalue weighted by atomic mass is 19.1. The van der Waals surface area contributed by atoms with Gasteiger partial charge >= 0.3 is 0 Å². The van der Waals surface area contributed by atoms with Crippen LogP contribution in [0.4, 0.5) is 4.39 Å². The second-order valence-corrected chi connectivity index (χ2v) is 3.02. The van der Waals surface area contributed by atoms with E-state index in [1.54, 1.807) is 12.1 Å². The molecule has 15 heavy (non-hydrogen) atoms. The maximum absolute atomic E-state index is 12.7. The lowest BCUT2D eigenvalue weighted by molar-refractivity contribution is -0.115. The first-order chi connectivity index (χ1) is 7.22. The molecule has 0 bridgehead atoms. The quantitative estimate of drug-likeness (QED) is 0.731. The summed E-state index contributed by atoms with van der Waals surface area (Å²) in [6.45, 7) is 2.57. The van der Waals surface area contributed by atoms with E-state index in [1.165, 1.54) is 12.1 Å². The molecule has 0 radical (unpaired) electrons. The molecule has 0 aliphatic rings. The molecule has 0 aliphatic carbocycles. The molecule has 0 aliphatic heterocycles. The Bertz CT molecular complexity index is 404. The predicted molar refractivity (Wildman–Crippen MR) is 56.6 cm³/mol. The monoisotopic (exact) mass is 205 g/mol. The van der Waals surface area contributed by atoms with Gasteiger partial charge in [0.25, 0.3) is 5.91 Å². The molecule has 1 aromatic rings. The molecule has 0 saturated carbocycles. The first-order valence-corrected chi connectivity index (χ1v) is 4.78. The van der Waals surface area contributed by atoms with Gasteiger partial charge in [0.1, 0.15) is 5.82 Å². The van der Waals surface area contributed by atoms with Gasteiger partial charge in [-0.15, -0.1) is 0 Å². The highest BCUT2D eigenvalue weighted by Crippen LogP contribution is 2.00. The fourth-order valence-electron chi connectivity index (χ4n) is 0.978. The second-order valence-electron chi connectivity index (χ2n) is 3.02. The lowest BCUT2D eigenvalue weighted by Gasteiger charge is -1.94. The minimum atomic E-state index is -0.351. The SMILES string of the molecule is CCCNC(=O)C#Cc1cccc(F)c1. The minimum absolute atomic E-state index is 0.332.